The van der Waals surface area contributed by atoms with Gasteiger partial charge in [-0.1, -0.05) is 248 Å². The van der Waals surface area contributed by atoms with Gasteiger partial charge in [-0.2, -0.15) is 0 Å². The molecule has 0 saturated carbocycles. The molecule has 370 valence electrons. The van der Waals surface area contributed by atoms with Crippen molar-refractivity contribution in [2.75, 3.05) is 4.90 Å². The van der Waals surface area contributed by atoms with E-state index in [9.17, 15) is 0 Å². The first-order chi connectivity index (χ1) is 37.5. The first kappa shape index (κ1) is 46.9. The smallest absolute Gasteiger partial charge is 0.0725 e. The Balaban J connectivity index is 0.955. The Bertz CT molecular complexity index is 4230. The molecular weight excluding hydrogens is 947 g/mol. The van der Waals surface area contributed by atoms with E-state index >= 15 is 0 Å². The number of fused-ring (bicyclic) bond motifs is 13. The van der Waals surface area contributed by atoms with Crippen LogP contribution in [0.3, 0.4) is 0 Å². The lowest BCUT2D eigenvalue weighted by Gasteiger charge is -2.33. The molecule has 0 atom stereocenters. The van der Waals surface area contributed by atoms with Crippen LogP contribution in [0, 0.1) is 0 Å². The molecule has 0 bridgehead atoms. The zero-order chi connectivity index (χ0) is 52.2. The Morgan fingerprint density at radius 3 is 1.44 bits per heavy atom. The Labute approximate surface area is 457 Å². The van der Waals surface area contributed by atoms with Gasteiger partial charge in [0.15, 0.2) is 0 Å². The van der Waals surface area contributed by atoms with Gasteiger partial charge in [0.25, 0.3) is 0 Å². The summed E-state index contributed by atoms with van der Waals surface area (Å²) in [4.78, 5) is 2.51. The van der Waals surface area contributed by atoms with Gasteiger partial charge in [-0.25, -0.2) is 0 Å². The molecule has 1 nitrogen and oxygen atoms in total. The first-order valence-corrected chi connectivity index (χ1v) is 28.0. The Hall–Kier alpha value is -8.56. The van der Waals surface area contributed by atoms with E-state index in [4.69, 9.17) is 0 Å². The van der Waals surface area contributed by atoms with E-state index in [0.29, 0.717) is 0 Å². The third-order valence-corrected chi connectivity index (χ3v) is 17.8. The van der Waals surface area contributed by atoms with Crippen LogP contribution in [-0.4, -0.2) is 0 Å². The van der Waals surface area contributed by atoms with E-state index in [0.717, 1.165) is 22.6 Å². The highest BCUT2D eigenvalue weighted by molar-refractivity contribution is 7.26. The second-order valence-corrected chi connectivity index (χ2v) is 24.3. The topological polar surface area (TPSA) is 3.24 Å². The maximum atomic E-state index is 2.55. The molecule has 77 heavy (non-hydrogen) atoms. The van der Waals surface area contributed by atoms with Gasteiger partial charge >= 0.3 is 0 Å². The van der Waals surface area contributed by atoms with E-state index in [2.05, 4.69) is 295 Å². The molecule has 0 unspecified atom stereocenters. The van der Waals surface area contributed by atoms with Crippen LogP contribution in [0.1, 0.15) is 74.9 Å². The van der Waals surface area contributed by atoms with E-state index in [-0.39, 0.29) is 10.8 Å². The second-order valence-electron chi connectivity index (χ2n) is 23.2. The van der Waals surface area contributed by atoms with Gasteiger partial charge in [0.2, 0.25) is 0 Å². The summed E-state index contributed by atoms with van der Waals surface area (Å²) >= 11 is 1.86. The average molecular weight is 1010 g/mol. The predicted octanol–water partition coefficient (Wildman–Crippen LogP) is 21.1. The predicted molar refractivity (Wildman–Crippen MR) is 329 cm³/mol. The summed E-state index contributed by atoms with van der Waals surface area (Å²) in [5.41, 5.74) is 25.9. The van der Waals surface area contributed by atoms with Gasteiger partial charge in [-0.15, -0.1) is 11.3 Å². The summed E-state index contributed by atoms with van der Waals surface area (Å²) in [7, 11) is 0. The molecule has 14 rings (SSSR count). The summed E-state index contributed by atoms with van der Waals surface area (Å²) in [6.45, 7) is 14.0. The third-order valence-electron chi connectivity index (χ3n) is 16.7. The summed E-state index contributed by atoms with van der Waals surface area (Å²) in [5.74, 6) is 0. The van der Waals surface area contributed by atoms with Crippen molar-refractivity contribution in [3.8, 4) is 66.8 Å². The van der Waals surface area contributed by atoms with Crippen molar-refractivity contribution >= 4 is 48.6 Å². The minimum atomic E-state index is -0.477. The monoisotopic (exact) mass is 1010 g/mol. The maximum Gasteiger partial charge on any atom is 0.0725 e. The number of anilines is 3. The molecule has 12 aromatic rings. The van der Waals surface area contributed by atoms with Crippen molar-refractivity contribution < 1.29 is 0 Å². The quantitative estimate of drug-likeness (QED) is 0.154. The van der Waals surface area contributed by atoms with Crippen LogP contribution in [0.15, 0.2) is 249 Å². The largest absolute Gasteiger partial charge is 0.309 e. The Morgan fingerprint density at radius 1 is 0.312 bits per heavy atom. The van der Waals surface area contributed by atoms with E-state index in [1.165, 1.54) is 115 Å². The number of rotatable bonds is 7. The van der Waals surface area contributed by atoms with Crippen LogP contribution >= 0.6 is 11.3 Å². The van der Waals surface area contributed by atoms with Gasteiger partial charge in [-0.05, 0) is 148 Å². The number of thiophene rings is 1. The highest BCUT2D eigenvalue weighted by Gasteiger charge is 2.52. The SMILES string of the molecule is CC(C)(C)c1ccc2c(c1)C1(c3ccccc3-c3ccc(-c4ccc(N(c5ccccc5-c5ccccc5-c5ccccc5-c5ccccc5)c5cccc6sc7ccccc7c56)cc4)cc31)c1cc(C(C)(C)C)ccc1-2. The molecule has 1 heterocycles. The van der Waals surface area contributed by atoms with Gasteiger partial charge < -0.3 is 4.90 Å². The first-order valence-electron chi connectivity index (χ1n) is 27.2. The minimum absolute atomic E-state index is 0.0142. The summed E-state index contributed by atoms with van der Waals surface area (Å²) in [5, 5.41) is 2.53. The molecule has 0 saturated heterocycles. The van der Waals surface area contributed by atoms with Crippen molar-refractivity contribution in [1.82, 2.24) is 0 Å². The lowest BCUT2D eigenvalue weighted by atomic mass is 9.68. The number of benzene rings is 11. The van der Waals surface area contributed by atoms with Crippen LogP contribution < -0.4 is 4.90 Å². The number of hydrogen-bond donors (Lipinski definition) is 0. The van der Waals surface area contributed by atoms with Gasteiger partial charge in [-0.3, -0.25) is 0 Å². The molecular formula is C75H59NS. The summed E-state index contributed by atoms with van der Waals surface area (Å²) < 4.78 is 2.56. The highest BCUT2D eigenvalue weighted by atomic mass is 32.1. The zero-order valence-electron chi connectivity index (χ0n) is 44.5. The number of hydrogen-bond acceptors (Lipinski definition) is 2. The molecule has 2 heteroatoms. The lowest BCUT2D eigenvalue weighted by molar-refractivity contribution is 0.586. The molecule has 2 aliphatic carbocycles. The fraction of sp³-hybridized carbons (Fsp3) is 0.120. The molecule has 11 aromatic carbocycles. The van der Waals surface area contributed by atoms with Crippen LogP contribution in [0.4, 0.5) is 17.1 Å². The van der Waals surface area contributed by atoms with Crippen molar-refractivity contribution in [1.29, 1.82) is 0 Å². The molecule has 0 fully saturated rings. The number of nitrogens with zero attached hydrogens (tertiary/aromatic N) is 1. The van der Waals surface area contributed by atoms with Crippen LogP contribution in [-0.2, 0) is 16.2 Å². The Morgan fingerprint density at radius 2 is 0.779 bits per heavy atom. The van der Waals surface area contributed by atoms with Gasteiger partial charge in [0, 0.05) is 31.4 Å². The zero-order valence-corrected chi connectivity index (χ0v) is 45.3. The normalized spacial score (nSPS) is 13.2. The highest BCUT2D eigenvalue weighted by Crippen LogP contribution is 2.64. The fourth-order valence-electron chi connectivity index (χ4n) is 12.9. The number of para-hydroxylation sites is 1. The molecule has 0 amide bonds. The molecule has 0 N–H and O–H groups in total. The molecule has 1 aromatic heterocycles. The third kappa shape index (κ3) is 7.41. The average Bonchev–Trinajstić information content (AvgIpc) is 4.05. The van der Waals surface area contributed by atoms with Crippen LogP contribution in [0.5, 0.6) is 0 Å². The molecule has 1 spiro atoms. The van der Waals surface area contributed by atoms with Crippen molar-refractivity contribution in [2.24, 2.45) is 0 Å². The molecule has 0 aliphatic heterocycles. The van der Waals surface area contributed by atoms with Crippen molar-refractivity contribution in [3.05, 3.63) is 282 Å². The molecule has 0 radical (unpaired) electrons. The second kappa shape index (κ2) is 17.8. The lowest BCUT2D eigenvalue weighted by Crippen LogP contribution is -2.27. The van der Waals surface area contributed by atoms with Crippen LogP contribution in [0.25, 0.3) is 86.9 Å². The van der Waals surface area contributed by atoms with E-state index in [1.54, 1.807) is 0 Å². The maximum absolute atomic E-state index is 2.55. The van der Waals surface area contributed by atoms with E-state index in [1.807, 2.05) is 11.3 Å². The van der Waals surface area contributed by atoms with Crippen LogP contribution in [0.2, 0.25) is 0 Å². The Kier molecular flexibility index (Phi) is 10.8. The molecule has 2 aliphatic rings. The summed E-state index contributed by atoms with van der Waals surface area (Å²) in [6.07, 6.45) is 0. The van der Waals surface area contributed by atoms with Gasteiger partial charge in [0.1, 0.15) is 0 Å². The standard InChI is InChI=1S/C75H59NS/c1-73(2,3)51-38-43-60-61-44-39-52(74(4,5)6)47-67(61)75(66(60)46-51)64-30-17-14-27-58(64)59-42-37-50(45-65(59)75)48-35-40-53(41-36-48)76(69-32-20-34-71-72(69)63-29-16-19-33-70(63)77-71)68-31-18-15-28-62(68)57-26-13-12-25-56(57)55-24-11-10-23-54(55)49-21-8-7-9-22-49/h7-47H,1-6H3. The van der Waals surface area contributed by atoms with Crippen molar-refractivity contribution in [3.63, 3.8) is 0 Å². The summed E-state index contributed by atoms with van der Waals surface area (Å²) in [6, 6.07) is 93.8. The fourth-order valence-corrected chi connectivity index (χ4v) is 14.0. The minimum Gasteiger partial charge on any atom is -0.309 e. The van der Waals surface area contributed by atoms with Gasteiger partial charge in [0.05, 0.1) is 16.8 Å². The van der Waals surface area contributed by atoms with E-state index < -0.39 is 5.41 Å². The van der Waals surface area contributed by atoms with Crippen molar-refractivity contribution in [2.45, 2.75) is 57.8 Å².